The van der Waals surface area contributed by atoms with E-state index in [1.165, 1.54) is 18.2 Å². The molecule has 1 heterocycles. The van der Waals surface area contributed by atoms with Crippen molar-refractivity contribution in [3.8, 4) is 0 Å². The Balaban J connectivity index is 1.44. The van der Waals surface area contributed by atoms with Gasteiger partial charge in [-0.25, -0.2) is 12.8 Å². The van der Waals surface area contributed by atoms with Crippen molar-refractivity contribution in [2.45, 2.75) is 42.9 Å². The van der Waals surface area contributed by atoms with Crippen LogP contribution >= 0.6 is 0 Å². The molecule has 0 bridgehead atoms. The van der Waals surface area contributed by atoms with Gasteiger partial charge in [-0.05, 0) is 61.1 Å². The first kappa shape index (κ1) is 20.0. The fourth-order valence-electron chi connectivity index (χ4n) is 3.96. The summed E-state index contributed by atoms with van der Waals surface area (Å²) in [5.74, 6) is -0.521. The molecule has 4 rings (SSSR count). The summed E-state index contributed by atoms with van der Waals surface area (Å²) >= 11 is 0. The van der Waals surface area contributed by atoms with Crippen molar-refractivity contribution in [2.24, 2.45) is 5.92 Å². The Labute approximate surface area is 171 Å². The van der Waals surface area contributed by atoms with Crippen LogP contribution in [0, 0.1) is 11.7 Å². The molecule has 154 valence electrons. The van der Waals surface area contributed by atoms with Gasteiger partial charge in [0.1, 0.15) is 5.82 Å². The number of carbonyl (C=O) groups excluding carboxylic acids is 1. The Hall–Kier alpha value is -2.25. The summed E-state index contributed by atoms with van der Waals surface area (Å²) in [6.07, 6.45) is 4.57. The molecule has 1 aliphatic carbocycles. The summed E-state index contributed by atoms with van der Waals surface area (Å²) in [5.41, 5.74) is 1.43. The van der Waals surface area contributed by atoms with Gasteiger partial charge in [0.2, 0.25) is 15.9 Å². The Morgan fingerprint density at radius 3 is 2.38 bits per heavy atom. The monoisotopic (exact) mass is 416 g/mol. The second-order valence-corrected chi connectivity index (χ2v) is 9.77. The average Bonchev–Trinajstić information content (AvgIpc) is 3.53. The molecule has 5 nitrogen and oxygen atoms in total. The number of amides is 1. The second-order valence-electron chi connectivity index (χ2n) is 7.84. The molecule has 0 radical (unpaired) electrons. The summed E-state index contributed by atoms with van der Waals surface area (Å²) in [6.45, 7) is 1.08. The highest BCUT2D eigenvalue weighted by atomic mass is 32.2. The first-order valence-corrected chi connectivity index (χ1v) is 11.6. The van der Waals surface area contributed by atoms with Crippen molar-refractivity contribution in [3.05, 3.63) is 59.9 Å². The van der Waals surface area contributed by atoms with Crippen molar-refractivity contribution < 1.29 is 17.6 Å². The van der Waals surface area contributed by atoms with Gasteiger partial charge in [-0.3, -0.25) is 4.79 Å². The lowest BCUT2D eigenvalue weighted by atomic mass is 10.1. The highest BCUT2D eigenvalue weighted by Gasteiger charge is 2.44. The van der Waals surface area contributed by atoms with Crippen LogP contribution in [0.2, 0.25) is 0 Å². The van der Waals surface area contributed by atoms with Crippen molar-refractivity contribution >= 4 is 21.6 Å². The van der Waals surface area contributed by atoms with Crippen LogP contribution in [0.25, 0.3) is 0 Å². The molecular weight excluding hydrogens is 391 g/mol. The van der Waals surface area contributed by atoms with Crippen molar-refractivity contribution in [1.29, 1.82) is 0 Å². The van der Waals surface area contributed by atoms with E-state index >= 15 is 0 Å². The molecule has 1 amide bonds. The van der Waals surface area contributed by atoms with E-state index in [4.69, 9.17) is 0 Å². The maximum absolute atomic E-state index is 13.1. The minimum Gasteiger partial charge on any atom is -0.326 e. The summed E-state index contributed by atoms with van der Waals surface area (Å²) < 4.78 is 40.6. The van der Waals surface area contributed by atoms with Gasteiger partial charge in [0.15, 0.2) is 0 Å². The number of hydrogen-bond acceptors (Lipinski definition) is 3. The van der Waals surface area contributed by atoms with Gasteiger partial charge in [0.05, 0.1) is 4.90 Å². The van der Waals surface area contributed by atoms with Crippen LogP contribution in [0.5, 0.6) is 0 Å². The van der Waals surface area contributed by atoms with Crippen LogP contribution in [0.1, 0.15) is 43.6 Å². The molecule has 0 spiro atoms. The number of halogens is 1. The van der Waals surface area contributed by atoms with Gasteiger partial charge in [-0.2, -0.15) is 4.31 Å². The Morgan fingerprint density at radius 2 is 1.69 bits per heavy atom. The van der Waals surface area contributed by atoms with E-state index in [0.717, 1.165) is 31.2 Å². The molecule has 2 atom stereocenters. The lowest BCUT2D eigenvalue weighted by molar-refractivity contribution is -0.117. The van der Waals surface area contributed by atoms with E-state index in [2.05, 4.69) is 5.32 Å². The number of benzene rings is 2. The number of rotatable bonds is 5. The average molecular weight is 417 g/mol. The third kappa shape index (κ3) is 4.51. The third-order valence-electron chi connectivity index (χ3n) is 5.73. The minimum atomic E-state index is -3.56. The summed E-state index contributed by atoms with van der Waals surface area (Å²) in [6, 6.07) is 12.7. The quantitative estimate of drug-likeness (QED) is 0.797. The van der Waals surface area contributed by atoms with E-state index in [1.54, 1.807) is 34.6 Å². The van der Waals surface area contributed by atoms with Gasteiger partial charge in [-0.15, -0.1) is 0 Å². The topological polar surface area (TPSA) is 66.5 Å². The molecule has 2 unspecified atom stereocenters. The minimum absolute atomic E-state index is 0.0830. The van der Waals surface area contributed by atoms with Gasteiger partial charge in [-0.1, -0.05) is 31.0 Å². The highest BCUT2D eigenvalue weighted by molar-refractivity contribution is 7.89. The van der Waals surface area contributed by atoms with Crippen LogP contribution < -0.4 is 5.32 Å². The Bertz CT molecular complexity index is 983. The van der Waals surface area contributed by atoms with Crippen LogP contribution in [0.15, 0.2) is 53.4 Å². The molecule has 2 aliphatic rings. The van der Waals surface area contributed by atoms with Crippen molar-refractivity contribution in [3.63, 3.8) is 0 Å². The molecule has 2 aromatic carbocycles. The first-order chi connectivity index (χ1) is 13.9. The van der Waals surface area contributed by atoms with Gasteiger partial charge >= 0.3 is 0 Å². The third-order valence-corrected chi connectivity index (χ3v) is 7.62. The molecule has 7 heteroatoms. The zero-order chi connectivity index (χ0) is 20.4. The fraction of sp³-hybridized carbons (Fsp3) is 0.409. The number of anilines is 1. The maximum Gasteiger partial charge on any atom is 0.243 e. The lowest BCUT2D eigenvalue weighted by Gasteiger charge is -2.20. The molecule has 2 fully saturated rings. The van der Waals surface area contributed by atoms with Gasteiger partial charge in [0, 0.05) is 24.7 Å². The Kier molecular flexibility index (Phi) is 5.69. The molecule has 0 aromatic heterocycles. The number of carbonyl (C=O) groups is 1. The summed E-state index contributed by atoms with van der Waals surface area (Å²) in [5, 5.41) is 2.85. The van der Waals surface area contributed by atoms with Crippen molar-refractivity contribution in [2.75, 3.05) is 18.4 Å². The molecule has 29 heavy (non-hydrogen) atoms. The SMILES string of the molecule is O=C(Nc1cccc(S(=O)(=O)N2CCCCCC2)c1)C1CC1c1ccc(F)cc1. The zero-order valence-corrected chi connectivity index (χ0v) is 17.0. The molecular formula is C22H25FN2O3S. The summed E-state index contributed by atoms with van der Waals surface area (Å²) in [4.78, 5) is 12.8. The molecule has 1 saturated carbocycles. The van der Waals surface area contributed by atoms with Gasteiger partial charge < -0.3 is 5.32 Å². The van der Waals surface area contributed by atoms with E-state index in [-0.39, 0.29) is 28.5 Å². The number of nitrogens with one attached hydrogen (secondary N) is 1. The lowest BCUT2D eigenvalue weighted by Crippen LogP contribution is -2.32. The van der Waals surface area contributed by atoms with E-state index in [1.807, 2.05) is 0 Å². The largest absolute Gasteiger partial charge is 0.326 e. The van der Waals surface area contributed by atoms with Gasteiger partial charge in [0.25, 0.3) is 0 Å². The molecule has 1 N–H and O–H groups in total. The Morgan fingerprint density at radius 1 is 1.00 bits per heavy atom. The number of nitrogens with zero attached hydrogens (tertiary/aromatic N) is 1. The van der Waals surface area contributed by atoms with E-state index in [0.29, 0.717) is 25.2 Å². The maximum atomic E-state index is 13.1. The van der Waals surface area contributed by atoms with E-state index < -0.39 is 10.0 Å². The fourth-order valence-corrected chi connectivity index (χ4v) is 5.53. The standard InChI is InChI=1S/C22H25FN2O3S/c23-17-10-8-16(9-11-17)20-15-21(20)22(26)24-18-6-5-7-19(14-18)29(27,28)25-12-3-1-2-4-13-25/h5-11,14,20-21H,1-4,12-13,15H2,(H,24,26). The predicted molar refractivity (Wildman–Crippen MR) is 110 cm³/mol. The highest BCUT2D eigenvalue weighted by Crippen LogP contribution is 2.48. The second kappa shape index (κ2) is 8.24. The predicted octanol–water partition coefficient (Wildman–Crippen LogP) is 4.13. The number of sulfonamides is 1. The first-order valence-electron chi connectivity index (χ1n) is 10.1. The zero-order valence-electron chi connectivity index (χ0n) is 16.2. The summed E-state index contributed by atoms with van der Waals surface area (Å²) in [7, 11) is -3.56. The molecule has 2 aromatic rings. The van der Waals surface area contributed by atoms with E-state index in [9.17, 15) is 17.6 Å². The number of hydrogen-bond donors (Lipinski definition) is 1. The van der Waals surface area contributed by atoms with Crippen LogP contribution in [-0.4, -0.2) is 31.7 Å². The normalized spacial score (nSPS) is 22.7. The van der Waals surface area contributed by atoms with Crippen LogP contribution in [0.3, 0.4) is 0 Å². The molecule has 1 saturated heterocycles. The van der Waals surface area contributed by atoms with Crippen molar-refractivity contribution in [1.82, 2.24) is 4.31 Å². The van der Waals surface area contributed by atoms with Crippen LogP contribution in [0.4, 0.5) is 10.1 Å². The molecule has 1 aliphatic heterocycles. The van der Waals surface area contributed by atoms with Crippen LogP contribution in [-0.2, 0) is 14.8 Å². The smallest absolute Gasteiger partial charge is 0.243 e.